The minimum atomic E-state index is -3.87. The summed E-state index contributed by atoms with van der Waals surface area (Å²) in [6.45, 7) is 0. The minimum absolute atomic E-state index is 0.610. The van der Waals surface area contributed by atoms with Crippen LogP contribution in [0.2, 0.25) is 10.0 Å². The van der Waals surface area contributed by atoms with E-state index in [1.807, 2.05) is 24.3 Å². The van der Waals surface area contributed by atoms with E-state index in [-0.39, 0.29) is 0 Å². The maximum Gasteiger partial charge on any atom is 0.171 e. The van der Waals surface area contributed by atoms with Crippen LogP contribution in [0.25, 0.3) is 12.2 Å². The summed E-state index contributed by atoms with van der Waals surface area (Å²) < 4.78 is 39.6. The van der Waals surface area contributed by atoms with E-state index in [0.29, 0.717) is 32.7 Å². The van der Waals surface area contributed by atoms with Gasteiger partial charge in [-0.3, -0.25) is 0 Å². The maximum atomic E-state index is 14.5. The molecular weight excluding hydrogens is 551 g/mol. The molecule has 0 amide bonds. The first-order chi connectivity index (χ1) is 18.8. The monoisotopic (exact) mass is 578 g/mol. The molecule has 4 nitrogen and oxygen atoms in total. The maximum absolute atomic E-state index is 14.5. The van der Waals surface area contributed by atoms with E-state index >= 15 is 0 Å². The molecule has 0 radical (unpaired) electrons. The van der Waals surface area contributed by atoms with Crippen molar-refractivity contribution in [2.45, 2.75) is 10.5 Å². The molecule has 0 spiro atoms. The average molecular weight is 580 g/mol. The van der Waals surface area contributed by atoms with Crippen LogP contribution in [0.4, 0.5) is 0 Å². The number of sulfone groups is 1. The third kappa shape index (κ3) is 7.33. The van der Waals surface area contributed by atoms with Crippen molar-refractivity contribution in [3.05, 3.63) is 142 Å². The van der Waals surface area contributed by atoms with Crippen LogP contribution in [-0.4, -0.2) is 22.6 Å². The van der Waals surface area contributed by atoms with E-state index < -0.39 is 20.3 Å². The Morgan fingerprint density at radius 1 is 0.564 bits per heavy atom. The molecule has 0 aliphatic heterocycles. The highest BCUT2D eigenvalue weighted by atomic mass is 35.5. The van der Waals surface area contributed by atoms with Crippen molar-refractivity contribution in [2.24, 2.45) is 0 Å². The Bertz CT molecular complexity index is 1410. The predicted octanol–water partition coefficient (Wildman–Crippen LogP) is 8.63. The van der Waals surface area contributed by atoms with Gasteiger partial charge in [0.25, 0.3) is 0 Å². The molecule has 39 heavy (non-hydrogen) atoms. The first-order valence-corrected chi connectivity index (χ1v) is 14.5. The molecule has 0 N–H and O–H groups in total. The fourth-order valence-corrected chi connectivity index (χ4v) is 6.35. The molecule has 4 aromatic carbocycles. The molecular formula is C32H28Cl2O4S. The van der Waals surface area contributed by atoms with Crippen molar-refractivity contribution in [2.75, 3.05) is 14.2 Å². The van der Waals surface area contributed by atoms with Gasteiger partial charge in [-0.05, 0) is 70.8 Å². The highest BCUT2D eigenvalue weighted by molar-refractivity contribution is 7.92. The molecule has 0 bridgehead atoms. The quantitative estimate of drug-likeness (QED) is 0.189. The largest absolute Gasteiger partial charge is 0.497 e. The molecule has 0 aromatic heterocycles. The fourth-order valence-electron chi connectivity index (χ4n) is 4.11. The number of methoxy groups -OCH3 is 2. The Balaban J connectivity index is 1.82. The van der Waals surface area contributed by atoms with Gasteiger partial charge in [-0.25, -0.2) is 8.42 Å². The van der Waals surface area contributed by atoms with Crippen molar-refractivity contribution < 1.29 is 17.9 Å². The second-order valence-electron chi connectivity index (χ2n) is 8.80. The summed E-state index contributed by atoms with van der Waals surface area (Å²) in [6.07, 6.45) is 7.04. The highest BCUT2D eigenvalue weighted by Crippen LogP contribution is 2.38. The van der Waals surface area contributed by atoms with Crippen LogP contribution in [0, 0.1) is 0 Å². The Hall–Kier alpha value is -3.51. The van der Waals surface area contributed by atoms with Crippen LogP contribution in [0.1, 0.15) is 32.8 Å². The van der Waals surface area contributed by atoms with E-state index in [2.05, 4.69) is 0 Å². The highest BCUT2D eigenvalue weighted by Gasteiger charge is 2.33. The molecule has 4 rings (SSSR count). The van der Waals surface area contributed by atoms with Gasteiger partial charge in [-0.2, -0.15) is 0 Å². The Morgan fingerprint density at radius 3 is 1.21 bits per heavy atom. The number of halogens is 2. The number of hydrogen-bond donors (Lipinski definition) is 0. The fraction of sp³-hybridized carbons (Fsp3) is 0.125. The third-order valence-corrected chi connectivity index (χ3v) is 9.04. The van der Waals surface area contributed by atoms with Crippen molar-refractivity contribution in [1.82, 2.24) is 0 Å². The standard InChI is InChI=1S/C32H28Cl2O4S/c1-37-29-17-9-25(10-18-29)31(21-7-23-3-13-27(33)14-4-23)39(35,36)32(26-11-19-30(38-2)20-12-26)22-8-24-5-15-28(34)16-6-24/h3-22,31-32H,1-2H3. The van der Waals surface area contributed by atoms with Gasteiger partial charge in [0.05, 0.1) is 14.2 Å². The predicted molar refractivity (Wildman–Crippen MR) is 161 cm³/mol. The molecule has 0 aliphatic carbocycles. The van der Waals surface area contributed by atoms with Gasteiger partial charge < -0.3 is 9.47 Å². The van der Waals surface area contributed by atoms with Gasteiger partial charge >= 0.3 is 0 Å². The summed E-state index contributed by atoms with van der Waals surface area (Å²) >= 11 is 12.1. The topological polar surface area (TPSA) is 52.6 Å². The van der Waals surface area contributed by atoms with Gasteiger partial charge in [0.1, 0.15) is 22.0 Å². The molecule has 0 saturated heterocycles. The number of ether oxygens (including phenoxy) is 2. The molecule has 200 valence electrons. The van der Waals surface area contributed by atoms with Crippen LogP contribution in [0.5, 0.6) is 11.5 Å². The second-order valence-corrected chi connectivity index (χ2v) is 11.9. The van der Waals surface area contributed by atoms with Crippen molar-refractivity contribution >= 4 is 45.2 Å². The van der Waals surface area contributed by atoms with Gasteiger partial charge in [0.2, 0.25) is 0 Å². The second kappa shape index (κ2) is 13.0. The Morgan fingerprint density at radius 2 is 0.897 bits per heavy atom. The van der Waals surface area contributed by atoms with Gasteiger partial charge in [0.15, 0.2) is 9.84 Å². The van der Waals surface area contributed by atoms with Gasteiger partial charge in [-0.1, -0.05) is 96.0 Å². The summed E-state index contributed by atoms with van der Waals surface area (Å²) in [4.78, 5) is 0. The first-order valence-electron chi connectivity index (χ1n) is 12.2. The summed E-state index contributed by atoms with van der Waals surface area (Å²) in [6, 6.07) is 28.6. The normalized spacial score (nSPS) is 13.4. The molecule has 0 aliphatic rings. The lowest BCUT2D eigenvalue weighted by molar-refractivity contribution is 0.414. The molecule has 2 unspecified atom stereocenters. The molecule has 0 fully saturated rings. The summed E-state index contributed by atoms with van der Waals surface area (Å²) in [5.74, 6) is 1.29. The van der Waals surface area contributed by atoms with E-state index in [0.717, 1.165) is 11.1 Å². The Kier molecular flexibility index (Phi) is 9.52. The zero-order valence-electron chi connectivity index (χ0n) is 21.5. The number of hydrogen-bond acceptors (Lipinski definition) is 4. The van der Waals surface area contributed by atoms with Crippen molar-refractivity contribution in [3.63, 3.8) is 0 Å². The minimum Gasteiger partial charge on any atom is -0.497 e. The van der Waals surface area contributed by atoms with E-state index in [1.54, 1.807) is 111 Å². The number of benzene rings is 4. The van der Waals surface area contributed by atoms with Gasteiger partial charge in [-0.15, -0.1) is 0 Å². The summed E-state index contributed by atoms with van der Waals surface area (Å²) in [5.41, 5.74) is 2.93. The zero-order valence-corrected chi connectivity index (χ0v) is 23.8. The molecule has 2 atom stereocenters. The van der Waals surface area contributed by atoms with E-state index in [9.17, 15) is 8.42 Å². The van der Waals surface area contributed by atoms with Gasteiger partial charge in [0, 0.05) is 10.0 Å². The van der Waals surface area contributed by atoms with E-state index in [4.69, 9.17) is 32.7 Å². The molecule has 7 heteroatoms. The average Bonchev–Trinajstić information content (AvgIpc) is 2.95. The smallest absolute Gasteiger partial charge is 0.171 e. The lowest BCUT2D eigenvalue weighted by atomic mass is 10.1. The Labute approximate surface area is 240 Å². The third-order valence-electron chi connectivity index (χ3n) is 6.26. The van der Waals surface area contributed by atoms with Crippen LogP contribution in [0.3, 0.4) is 0 Å². The lowest BCUT2D eigenvalue weighted by Crippen LogP contribution is -2.19. The van der Waals surface area contributed by atoms with Crippen molar-refractivity contribution in [3.8, 4) is 11.5 Å². The molecule has 4 aromatic rings. The van der Waals surface area contributed by atoms with Crippen molar-refractivity contribution in [1.29, 1.82) is 0 Å². The SMILES string of the molecule is COc1ccc(C(C=Cc2ccc(Cl)cc2)S(=O)(=O)C(C=Cc2ccc(Cl)cc2)c2ccc(OC)cc2)cc1. The van der Waals surface area contributed by atoms with Crippen LogP contribution >= 0.6 is 23.2 Å². The van der Waals surface area contributed by atoms with Crippen LogP contribution < -0.4 is 9.47 Å². The first kappa shape index (κ1) is 28.5. The summed E-state index contributed by atoms with van der Waals surface area (Å²) in [7, 11) is -0.724. The molecule has 0 heterocycles. The zero-order chi connectivity index (χ0) is 27.8. The molecule has 0 saturated carbocycles. The van der Waals surface area contributed by atoms with Crippen LogP contribution in [0.15, 0.2) is 109 Å². The lowest BCUT2D eigenvalue weighted by Gasteiger charge is -2.22. The number of rotatable bonds is 10. The van der Waals surface area contributed by atoms with E-state index in [1.165, 1.54) is 0 Å². The van der Waals surface area contributed by atoms with Crippen LogP contribution in [-0.2, 0) is 9.84 Å². The summed E-state index contributed by atoms with van der Waals surface area (Å²) in [5, 5.41) is -0.668.